The summed E-state index contributed by atoms with van der Waals surface area (Å²) in [5.74, 6) is 0. The lowest BCUT2D eigenvalue weighted by atomic mass is 9.97. The van der Waals surface area contributed by atoms with Gasteiger partial charge in [-0.15, -0.1) is 0 Å². The van der Waals surface area contributed by atoms with Gasteiger partial charge in [-0.2, -0.15) is 0 Å². The molecule has 5 heteroatoms. The third kappa shape index (κ3) is 5.27. The van der Waals surface area contributed by atoms with E-state index in [1.54, 1.807) is 0 Å². The van der Waals surface area contributed by atoms with Crippen LogP contribution in [0.25, 0.3) is 76.6 Å². The van der Waals surface area contributed by atoms with E-state index in [2.05, 4.69) is 201 Å². The number of nitrogens with zero attached hydrogens (tertiary/aromatic N) is 2. The van der Waals surface area contributed by atoms with E-state index >= 15 is 0 Å². The Morgan fingerprint density at radius 2 is 0.721 bits per heavy atom. The number of aryl methyl sites for hydroxylation is 4. The number of fused-ring (bicyclic) bond motifs is 10. The Hall–Kier alpha value is -7.76. The molecule has 9 aromatic carbocycles. The molecule has 12 rings (SSSR count). The van der Waals surface area contributed by atoms with Gasteiger partial charge in [-0.3, -0.25) is 0 Å². The van der Waals surface area contributed by atoms with Crippen molar-refractivity contribution in [3.63, 3.8) is 0 Å². The lowest BCUT2D eigenvalue weighted by Crippen LogP contribution is -2.14. The molecule has 0 amide bonds. The number of hydrogen-bond acceptors (Lipinski definition) is 5. The molecular weight excluding hydrogens is 749 g/mol. The van der Waals surface area contributed by atoms with Gasteiger partial charge >= 0.3 is 0 Å². The molecule has 292 valence electrons. The molecule has 61 heavy (non-hydrogen) atoms. The highest BCUT2D eigenvalue weighted by atomic mass is 16.3. The van der Waals surface area contributed by atoms with Crippen LogP contribution in [-0.4, -0.2) is 0 Å². The van der Waals surface area contributed by atoms with Crippen molar-refractivity contribution in [1.82, 2.24) is 0 Å². The van der Waals surface area contributed by atoms with Gasteiger partial charge in [0.15, 0.2) is 16.7 Å². The minimum absolute atomic E-state index is 0.768. The van der Waals surface area contributed by atoms with Gasteiger partial charge in [-0.1, -0.05) is 139 Å². The molecule has 0 saturated carbocycles. The van der Waals surface area contributed by atoms with Crippen LogP contribution in [0.1, 0.15) is 22.3 Å². The van der Waals surface area contributed by atoms with E-state index in [4.69, 9.17) is 13.3 Å². The summed E-state index contributed by atoms with van der Waals surface area (Å²) in [4.78, 5) is 4.73. The van der Waals surface area contributed by atoms with Gasteiger partial charge in [-0.25, -0.2) is 0 Å². The first-order chi connectivity index (χ1) is 29.9. The van der Waals surface area contributed by atoms with Crippen LogP contribution in [0.4, 0.5) is 34.1 Å². The van der Waals surface area contributed by atoms with Crippen LogP contribution in [0.2, 0.25) is 0 Å². The largest absolute Gasteiger partial charge is 0.454 e. The van der Waals surface area contributed by atoms with Crippen LogP contribution < -0.4 is 9.80 Å². The van der Waals surface area contributed by atoms with Crippen LogP contribution in [-0.2, 0) is 0 Å². The number of hydrogen-bond donors (Lipinski definition) is 0. The molecule has 0 aliphatic carbocycles. The third-order valence-corrected chi connectivity index (χ3v) is 12.4. The minimum Gasteiger partial charge on any atom is -0.454 e. The Morgan fingerprint density at radius 1 is 0.311 bits per heavy atom. The number of anilines is 6. The fourth-order valence-electron chi connectivity index (χ4n) is 9.46. The van der Waals surface area contributed by atoms with Crippen LogP contribution in [0, 0.1) is 27.7 Å². The van der Waals surface area contributed by atoms with Crippen molar-refractivity contribution in [2.24, 2.45) is 0 Å². The monoisotopic (exact) mass is 788 g/mol. The van der Waals surface area contributed by atoms with Crippen molar-refractivity contribution in [2.45, 2.75) is 27.7 Å². The SMILES string of the molecule is Cc1ccc(N(c2cccc3c2oc2c(C)cccc23)c2c3ccccc3c(N(c3ccc(C)cc3)c3cccc4c3oc3c(C)cccc34)c3c2oc2ccccc23)cc1. The summed E-state index contributed by atoms with van der Waals surface area (Å²) in [5, 5.41) is 8.44. The molecule has 0 radical (unpaired) electrons. The number of furan rings is 3. The van der Waals surface area contributed by atoms with E-state index in [1.807, 2.05) is 6.07 Å². The highest BCUT2D eigenvalue weighted by Crippen LogP contribution is 2.55. The maximum Gasteiger partial charge on any atom is 0.162 e. The summed E-state index contributed by atoms with van der Waals surface area (Å²) < 4.78 is 21.1. The third-order valence-electron chi connectivity index (χ3n) is 12.4. The van der Waals surface area contributed by atoms with E-state index in [0.717, 1.165) is 122 Å². The topological polar surface area (TPSA) is 45.9 Å². The second kappa shape index (κ2) is 13.4. The van der Waals surface area contributed by atoms with Crippen molar-refractivity contribution in [3.8, 4) is 0 Å². The van der Waals surface area contributed by atoms with Gasteiger partial charge in [0.05, 0.1) is 28.1 Å². The number of rotatable bonds is 6. The smallest absolute Gasteiger partial charge is 0.162 e. The summed E-state index contributed by atoms with van der Waals surface area (Å²) in [5.41, 5.74) is 15.4. The van der Waals surface area contributed by atoms with Gasteiger partial charge < -0.3 is 23.1 Å². The van der Waals surface area contributed by atoms with Crippen molar-refractivity contribution >= 4 is 111 Å². The lowest BCUT2D eigenvalue weighted by molar-refractivity contribution is 0.664. The molecule has 0 spiro atoms. The van der Waals surface area contributed by atoms with Crippen molar-refractivity contribution in [3.05, 3.63) is 192 Å². The maximum atomic E-state index is 7.24. The van der Waals surface area contributed by atoms with Gasteiger partial charge in [-0.05, 0) is 81.3 Å². The molecule has 0 aliphatic rings. The predicted octanol–water partition coefficient (Wildman–Crippen LogP) is 16.7. The van der Waals surface area contributed by atoms with Crippen molar-refractivity contribution in [1.29, 1.82) is 0 Å². The van der Waals surface area contributed by atoms with Crippen LogP contribution >= 0.6 is 0 Å². The van der Waals surface area contributed by atoms with Gasteiger partial charge in [0.2, 0.25) is 0 Å². The first-order valence-electron chi connectivity index (χ1n) is 20.8. The minimum atomic E-state index is 0.768. The first kappa shape index (κ1) is 35.2. The molecule has 12 aromatic rings. The molecule has 0 saturated heterocycles. The van der Waals surface area contributed by atoms with Crippen LogP contribution in [0.3, 0.4) is 0 Å². The average molecular weight is 789 g/mol. The summed E-state index contributed by atoms with van der Waals surface area (Å²) >= 11 is 0. The molecule has 0 aliphatic heterocycles. The zero-order valence-electron chi connectivity index (χ0n) is 34.3. The fraction of sp³-hybridized carbons (Fsp3) is 0.0714. The summed E-state index contributed by atoms with van der Waals surface area (Å²) in [7, 11) is 0. The quantitative estimate of drug-likeness (QED) is 0.157. The summed E-state index contributed by atoms with van der Waals surface area (Å²) in [6.45, 7) is 8.48. The Bertz CT molecular complexity index is 3700. The number of benzene rings is 9. The maximum absolute atomic E-state index is 7.24. The molecule has 5 nitrogen and oxygen atoms in total. The van der Waals surface area contributed by atoms with E-state index in [1.165, 1.54) is 11.1 Å². The molecular formula is C56H40N2O3. The second-order valence-corrected chi connectivity index (χ2v) is 16.3. The lowest BCUT2D eigenvalue weighted by Gasteiger charge is -2.31. The predicted molar refractivity (Wildman–Crippen MR) is 254 cm³/mol. The molecule has 0 fully saturated rings. The molecule has 3 aromatic heterocycles. The zero-order chi connectivity index (χ0) is 40.9. The van der Waals surface area contributed by atoms with E-state index in [-0.39, 0.29) is 0 Å². The Kier molecular flexibility index (Phi) is 7.72. The van der Waals surface area contributed by atoms with E-state index in [0.29, 0.717) is 0 Å². The molecule has 0 bridgehead atoms. The highest BCUT2D eigenvalue weighted by Gasteiger charge is 2.31. The zero-order valence-corrected chi connectivity index (χ0v) is 34.3. The van der Waals surface area contributed by atoms with Crippen molar-refractivity contribution < 1.29 is 13.3 Å². The normalized spacial score (nSPS) is 11.9. The van der Waals surface area contributed by atoms with Crippen LogP contribution in [0.15, 0.2) is 183 Å². The standard InChI is InChI=1S/C56H40N2O3/c1-33-25-29-37(30-26-33)57(46-22-11-20-43-41-18-9-13-35(3)52(41)60-54(43)46)50-39-15-5-6-16-40(39)51(56-49(50)45-17-7-8-24-48(45)59-56)58(38-31-27-34(2)28-32-38)47-23-12-21-44-42-19-10-14-36(4)53(42)61-55(44)47/h5-32H,1-4H3. The van der Waals surface area contributed by atoms with E-state index < -0.39 is 0 Å². The fourth-order valence-corrected chi connectivity index (χ4v) is 9.46. The van der Waals surface area contributed by atoms with Gasteiger partial charge in [0.1, 0.15) is 16.7 Å². The molecule has 0 atom stereocenters. The first-order valence-corrected chi connectivity index (χ1v) is 20.8. The van der Waals surface area contributed by atoms with E-state index in [9.17, 15) is 0 Å². The Balaban J connectivity index is 1.25. The van der Waals surface area contributed by atoms with Crippen molar-refractivity contribution in [2.75, 3.05) is 9.80 Å². The second-order valence-electron chi connectivity index (χ2n) is 16.3. The average Bonchev–Trinajstić information content (AvgIpc) is 3.99. The van der Waals surface area contributed by atoms with Crippen LogP contribution in [0.5, 0.6) is 0 Å². The Labute approximate surface area is 352 Å². The van der Waals surface area contributed by atoms with Gasteiger partial charge in [0, 0.05) is 49.1 Å². The molecule has 0 N–H and O–H groups in total. The summed E-state index contributed by atoms with van der Waals surface area (Å²) in [6.07, 6.45) is 0. The number of para-hydroxylation sites is 5. The highest BCUT2D eigenvalue weighted by molar-refractivity contribution is 6.29. The molecule has 3 heterocycles. The Morgan fingerprint density at radius 3 is 1.25 bits per heavy atom. The summed E-state index contributed by atoms with van der Waals surface area (Å²) in [6, 6.07) is 60.4. The van der Waals surface area contributed by atoms with Gasteiger partial charge in [0.25, 0.3) is 0 Å². The molecule has 0 unspecified atom stereocenters.